The van der Waals surface area contributed by atoms with Gasteiger partial charge in [0, 0.05) is 18.0 Å². The molecule has 3 aromatic rings. The Morgan fingerprint density at radius 1 is 1.08 bits per heavy atom. The molecule has 0 saturated carbocycles. The van der Waals surface area contributed by atoms with E-state index in [9.17, 15) is 4.79 Å². The van der Waals surface area contributed by atoms with Crippen LogP contribution in [-0.2, 0) is 0 Å². The lowest BCUT2D eigenvalue weighted by Crippen LogP contribution is -2.31. The zero-order chi connectivity index (χ0) is 17.1. The van der Waals surface area contributed by atoms with Gasteiger partial charge in [0.25, 0.3) is 5.91 Å². The number of carbonyl (C=O) groups is 1. The third-order valence-corrected chi connectivity index (χ3v) is 4.24. The van der Waals surface area contributed by atoms with Crippen LogP contribution in [0.4, 0.5) is 0 Å². The fourth-order valence-electron chi connectivity index (χ4n) is 2.70. The molecule has 24 heavy (non-hydrogen) atoms. The van der Waals surface area contributed by atoms with Crippen molar-refractivity contribution < 1.29 is 9.21 Å². The summed E-state index contributed by atoms with van der Waals surface area (Å²) in [7, 11) is 0. The summed E-state index contributed by atoms with van der Waals surface area (Å²) in [6.07, 6.45) is 1.49. The average molecular weight is 322 g/mol. The number of hydrogen-bond donors (Lipinski definition) is 2. The number of benzene rings is 2. The van der Waals surface area contributed by atoms with Crippen LogP contribution in [0.1, 0.15) is 47.3 Å². The van der Waals surface area contributed by atoms with Gasteiger partial charge < -0.3 is 15.5 Å². The minimum Gasteiger partial charge on any atom is -0.463 e. The van der Waals surface area contributed by atoms with Gasteiger partial charge in [-0.2, -0.15) is 0 Å². The van der Waals surface area contributed by atoms with Crippen LogP contribution in [0.15, 0.2) is 59.2 Å². The van der Waals surface area contributed by atoms with E-state index in [1.165, 1.54) is 11.8 Å². The highest BCUT2D eigenvalue weighted by atomic mass is 16.3. The van der Waals surface area contributed by atoms with Gasteiger partial charge in [-0.25, -0.2) is 0 Å². The van der Waals surface area contributed by atoms with Gasteiger partial charge in [-0.15, -0.1) is 0 Å². The van der Waals surface area contributed by atoms with Crippen molar-refractivity contribution in [3.63, 3.8) is 0 Å². The van der Waals surface area contributed by atoms with Crippen molar-refractivity contribution in [2.24, 2.45) is 5.73 Å². The Kier molecular flexibility index (Phi) is 4.67. The lowest BCUT2D eigenvalue weighted by atomic mass is 9.99. The minimum atomic E-state index is -0.242. The number of para-hydroxylation sites is 1. The third-order valence-electron chi connectivity index (χ3n) is 4.24. The SMILES string of the molecule is CC(C)c1ccc(C(N)CNC(=O)c2coc3ccccc23)cc1. The molecule has 3 rings (SSSR count). The highest BCUT2D eigenvalue weighted by molar-refractivity contribution is 6.05. The normalized spacial score (nSPS) is 12.5. The molecule has 1 unspecified atom stereocenters. The molecule has 0 radical (unpaired) electrons. The lowest BCUT2D eigenvalue weighted by molar-refractivity contribution is 0.0952. The number of furan rings is 1. The number of nitrogens with one attached hydrogen (secondary N) is 1. The van der Waals surface area contributed by atoms with Gasteiger partial charge in [-0.1, -0.05) is 56.3 Å². The van der Waals surface area contributed by atoms with Gasteiger partial charge in [-0.3, -0.25) is 4.79 Å². The van der Waals surface area contributed by atoms with Gasteiger partial charge in [0.05, 0.1) is 5.56 Å². The summed E-state index contributed by atoms with van der Waals surface area (Å²) in [5, 5.41) is 3.70. The fourth-order valence-corrected chi connectivity index (χ4v) is 2.70. The highest BCUT2D eigenvalue weighted by Gasteiger charge is 2.15. The maximum absolute atomic E-state index is 12.4. The van der Waals surface area contributed by atoms with Crippen LogP contribution in [0.25, 0.3) is 11.0 Å². The van der Waals surface area contributed by atoms with Crippen LogP contribution in [0.3, 0.4) is 0 Å². The molecule has 1 amide bonds. The minimum absolute atomic E-state index is 0.172. The topological polar surface area (TPSA) is 68.3 Å². The third kappa shape index (κ3) is 3.34. The lowest BCUT2D eigenvalue weighted by Gasteiger charge is -2.14. The zero-order valence-corrected chi connectivity index (χ0v) is 14.0. The predicted molar refractivity (Wildman–Crippen MR) is 96.0 cm³/mol. The van der Waals surface area contributed by atoms with Gasteiger partial charge in [-0.05, 0) is 23.1 Å². The standard InChI is InChI=1S/C20H22N2O2/c1-13(2)14-7-9-15(10-8-14)18(21)11-22-20(23)17-12-24-19-6-4-3-5-16(17)19/h3-10,12-13,18H,11,21H2,1-2H3,(H,22,23). The van der Waals surface area contributed by atoms with E-state index in [0.29, 0.717) is 23.6 Å². The molecule has 0 aliphatic carbocycles. The van der Waals surface area contributed by atoms with Crippen molar-refractivity contribution in [1.82, 2.24) is 5.32 Å². The molecule has 1 atom stereocenters. The van der Waals surface area contributed by atoms with E-state index in [0.717, 1.165) is 10.9 Å². The molecule has 0 fully saturated rings. The smallest absolute Gasteiger partial charge is 0.255 e. The van der Waals surface area contributed by atoms with Gasteiger partial charge in [0.2, 0.25) is 0 Å². The molecule has 0 spiro atoms. The highest BCUT2D eigenvalue weighted by Crippen LogP contribution is 2.21. The summed E-state index contributed by atoms with van der Waals surface area (Å²) in [6.45, 7) is 4.69. The van der Waals surface area contributed by atoms with Crippen LogP contribution in [0.2, 0.25) is 0 Å². The molecule has 0 saturated heterocycles. The van der Waals surface area contributed by atoms with Crippen molar-refractivity contribution >= 4 is 16.9 Å². The van der Waals surface area contributed by atoms with Crippen LogP contribution >= 0.6 is 0 Å². The monoisotopic (exact) mass is 322 g/mol. The van der Waals surface area contributed by atoms with Crippen molar-refractivity contribution in [2.45, 2.75) is 25.8 Å². The van der Waals surface area contributed by atoms with E-state index in [1.807, 2.05) is 36.4 Å². The van der Waals surface area contributed by atoms with E-state index in [2.05, 4.69) is 31.3 Å². The quantitative estimate of drug-likeness (QED) is 0.746. The molecule has 2 aromatic carbocycles. The Morgan fingerprint density at radius 2 is 1.75 bits per heavy atom. The van der Waals surface area contributed by atoms with E-state index in [4.69, 9.17) is 10.2 Å². The maximum atomic E-state index is 12.4. The Balaban J connectivity index is 1.65. The molecule has 4 nitrogen and oxygen atoms in total. The Labute approximate surface area is 141 Å². The first-order chi connectivity index (χ1) is 11.6. The molecular weight excluding hydrogens is 300 g/mol. The second kappa shape index (κ2) is 6.89. The first-order valence-corrected chi connectivity index (χ1v) is 8.16. The first kappa shape index (κ1) is 16.3. The van der Waals surface area contributed by atoms with E-state index >= 15 is 0 Å². The number of fused-ring (bicyclic) bond motifs is 1. The van der Waals surface area contributed by atoms with Crippen molar-refractivity contribution in [3.8, 4) is 0 Å². The summed E-state index contributed by atoms with van der Waals surface area (Å²) in [5.41, 5.74) is 9.73. The van der Waals surface area contributed by atoms with Gasteiger partial charge in [0.15, 0.2) is 0 Å². The number of rotatable bonds is 5. The van der Waals surface area contributed by atoms with Crippen LogP contribution in [0, 0.1) is 0 Å². The summed E-state index contributed by atoms with van der Waals surface area (Å²) in [5.74, 6) is 0.318. The predicted octanol–water partition coefficient (Wildman–Crippen LogP) is 3.99. The molecule has 1 heterocycles. The van der Waals surface area contributed by atoms with Crippen molar-refractivity contribution in [1.29, 1.82) is 0 Å². The van der Waals surface area contributed by atoms with Gasteiger partial charge in [0.1, 0.15) is 11.8 Å². The maximum Gasteiger partial charge on any atom is 0.255 e. The molecule has 124 valence electrons. The van der Waals surface area contributed by atoms with E-state index in [1.54, 1.807) is 0 Å². The Morgan fingerprint density at radius 3 is 2.46 bits per heavy atom. The second-order valence-electron chi connectivity index (χ2n) is 6.28. The summed E-state index contributed by atoms with van der Waals surface area (Å²) in [6, 6.07) is 15.5. The van der Waals surface area contributed by atoms with E-state index in [-0.39, 0.29) is 11.9 Å². The zero-order valence-electron chi connectivity index (χ0n) is 14.0. The van der Waals surface area contributed by atoms with Crippen molar-refractivity contribution in [3.05, 3.63) is 71.5 Å². The Hall–Kier alpha value is -2.59. The first-order valence-electron chi connectivity index (χ1n) is 8.16. The van der Waals surface area contributed by atoms with Crippen LogP contribution in [0.5, 0.6) is 0 Å². The number of amides is 1. The van der Waals surface area contributed by atoms with Crippen molar-refractivity contribution in [2.75, 3.05) is 6.54 Å². The molecular formula is C20H22N2O2. The summed E-state index contributed by atoms with van der Waals surface area (Å²) in [4.78, 5) is 12.4. The molecule has 3 N–H and O–H groups in total. The fraction of sp³-hybridized carbons (Fsp3) is 0.250. The number of carbonyl (C=O) groups excluding carboxylic acids is 1. The van der Waals surface area contributed by atoms with Crippen LogP contribution in [-0.4, -0.2) is 12.5 Å². The summed E-state index contributed by atoms with van der Waals surface area (Å²) >= 11 is 0. The number of hydrogen-bond acceptors (Lipinski definition) is 3. The number of nitrogens with two attached hydrogens (primary N) is 1. The molecule has 0 aliphatic rings. The molecule has 4 heteroatoms. The van der Waals surface area contributed by atoms with Gasteiger partial charge >= 0.3 is 0 Å². The second-order valence-corrected chi connectivity index (χ2v) is 6.28. The molecule has 0 aliphatic heterocycles. The largest absolute Gasteiger partial charge is 0.463 e. The van der Waals surface area contributed by atoms with E-state index < -0.39 is 0 Å². The average Bonchev–Trinajstić information content (AvgIpc) is 3.03. The van der Waals surface area contributed by atoms with Crippen LogP contribution < -0.4 is 11.1 Å². The molecule has 1 aromatic heterocycles. The Bertz CT molecular complexity index is 834. The molecule has 0 bridgehead atoms. The summed E-state index contributed by atoms with van der Waals surface area (Å²) < 4.78 is 5.41.